The highest BCUT2D eigenvalue weighted by atomic mass is 32.2. The summed E-state index contributed by atoms with van der Waals surface area (Å²) in [5.74, 6) is 0.607. The molecule has 3 rings (SSSR count). The first kappa shape index (κ1) is 24.3. The molecule has 0 radical (unpaired) electrons. The van der Waals surface area contributed by atoms with Gasteiger partial charge in [0.15, 0.2) is 0 Å². The van der Waals surface area contributed by atoms with Crippen LogP contribution in [0.25, 0.3) is 21.8 Å². The monoisotopic (exact) mass is 450 g/mol. The number of hydrogen-bond donors (Lipinski definition) is 2. The molecule has 1 heterocycles. The Morgan fingerprint density at radius 3 is 1.90 bits per heavy atom. The Labute approximate surface area is 180 Å². The zero-order chi connectivity index (χ0) is 23.0. The number of aliphatic hydroxyl groups is 1. The first-order chi connectivity index (χ1) is 14.7. The van der Waals surface area contributed by atoms with Crippen molar-refractivity contribution in [2.45, 2.75) is 13.3 Å². The minimum Gasteiger partial charge on any atom is -0.497 e. The number of rotatable bonds is 7. The predicted molar refractivity (Wildman–Crippen MR) is 118 cm³/mol. The van der Waals surface area contributed by atoms with Crippen LogP contribution in [0.4, 0.5) is 0 Å². The molecule has 0 unspecified atom stereocenters. The van der Waals surface area contributed by atoms with Crippen LogP contribution in [-0.4, -0.2) is 57.7 Å². The molecule has 0 spiro atoms. The molecule has 0 aliphatic heterocycles. The maximum absolute atomic E-state index is 12.7. The van der Waals surface area contributed by atoms with Gasteiger partial charge in [0.1, 0.15) is 11.5 Å². The van der Waals surface area contributed by atoms with Crippen LogP contribution in [0.2, 0.25) is 0 Å². The Morgan fingerprint density at radius 1 is 1.03 bits per heavy atom. The highest BCUT2D eigenvalue weighted by Crippen LogP contribution is 2.31. The molecule has 31 heavy (non-hydrogen) atoms. The second kappa shape index (κ2) is 10.9. The summed E-state index contributed by atoms with van der Waals surface area (Å²) in [6.07, 6.45) is 0.763. The third-order valence-corrected chi connectivity index (χ3v) is 4.96. The summed E-state index contributed by atoms with van der Waals surface area (Å²) in [5, 5.41) is 13.8. The topological polar surface area (TPSA) is 138 Å². The van der Waals surface area contributed by atoms with E-state index in [0.717, 1.165) is 17.5 Å². The number of hydrogen-bond acceptors (Lipinski definition) is 8. The smallest absolute Gasteiger partial charge is 0.339 e. The number of aliphatic hydroxyl groups excluding tert-OH is 1. The summed E-state index contributed by atoms with van der Waals surface area (Å²) in [4.78, 5) is 17.3. The number of sulfonamides is 1. The van der Waals surface area contributed by atoms with E-state index in [4.69, 9.17) is 19.3 Å². The van der Waals surface area contributed by atoms with E-state index in [1.807, 2.05) is 43.3 Å². The summed E-state index contributed by atoms with van der Waals surface area (Å²) >= 11 is 0. The lowest BCUT2D eigenvalue weighted by Crippen LogP contribution is -2.18. The van der Waals surface area contributed by atoms with Crippen LogP contribution in [0.1, 0.15) is 23.7 Å². The van der Waals surface area contributed by atoms with E-state index >= 15 is 0 Å². The van der Waals surface area contributed by atoms with Crippen LogP contribution in [-0.2, 0) is 14.8 Å². The molecule has 2 aromatic carbocycles. The maximum atomic E-state index is 12.7. The van der Waals surface area contributed by atoms with Gasteiger partial charge in [-0.3, -0.25) is 0 Å². The van der Waals surface area contributed by atoms with Crippen molar-refractivity contribution in [1.82, 2.24) is 4.98 Å². The summed E-state index contributed by atoms with van der Waals surface area (Å²) < 4.78 is 35.7. The molecule has 1 aromatic heterocycles. The van der Waals surface area contributed by atoms with Gasteiger partial charge in [-0.05, 0) is 42.8 Å². The molecular weight excluding hydrogens is 424 g/mol. The van der Waals surface area contributed by atoms with Gasteiger partial charge in [-0.15, -0.1) is 0 Å². The number of methoxy groups -OCH3 is 2. The Morgan fingerprint density at radius 2 is 1.55 bits per heavy atom. The number of nitrogens with two attached hydrogens (primary N) is 1. The summed E-state index contributed by atoms with van der Waals surface area (Å²) in [5.41, 5.74) is 1.93. The number of aromatic nitrogens is 1. The molecule has 0 bridgehead atoms. The van der Waals surface area contributed by atoms with Crippen molar-refractivity contribution in [3.8, 4) is 11.5 Å². The van der Waals surface area contributed by atoms with Gasteiger partial charge in [-0.25, -0.2) is 23.3 Å². The summed E-state index contributed by atoms with van der Waals surface area (Å²) in [6, 6.07) is 11.0. The van der Waals surface area contributed by atoms with Crippen LogP contribution >= 0.6 is 0 Å². The number of fused-ring (bicyclic) bond motifs is 2. The molecule has 9 nitrogen and oxygen atoms in total. The summed E-state index contributed by atoms with van der Waals surface area (Å²) in [7, 11) is -0.242. The number of ether oxygens (including phenoxy) is 3. The van der Waals surface area contributed by atoms with Gasteiger partial charge in [0.05, 0.1) is 49.8 Å². The van der Waals surface area contributed by atoms with Crippen molar-refractivity contribution >= 4 is 37.8 Å². The van der Waals surface area contributed by atoms with Crippen LogP contribution in [0, 0.1) is 0 Å². The third kappa shape index (κ3) is 6.51. The molecule has 3 aromatic rings. The average Bonchev–Trinajstić information content (AvgIpc) is 2.74. The molecule has 0 atom stereocenters. The number of esters is 1. The number of primary sulfonamides is 1. The SMILES string of the molecule is CCCOC(=O)c1c2cc(OC)ccc2nc2ccc(OC)cc12.NS(=O)(=O)CCO. The quantitative estimate of drug-likeness (QED) is 0.413. The van der Waals surface area contributed by atoms with Crippen molar-refractivity contribution in [3.63, 3.8) is 0 Å². The van der Waals surface area contributed by atoms with E-state index in [2.05, 4.69) is 10.1 Å². The zero-order valence-corrected chi connectivity index (χ0v) is 18.4. The Balaban J connectivity index is 0.000000423. The first-order valence-electron chi connectivity index (χ1n) is 9.48. The summed E-state index contributed by atoms with van der Waals surface area (Å²) in [6.45, 7) is 1.93. The van der Waals surface area contributed by atoms with E-state index in [-0.39, 0.29) is 11.7 Å². The molecule has 168 valence electrons. The predicted octanol–water partition coefficient (Wildman–Crippen LogP) is 2.24. The zero-order valence-electron chi connectivity index (χ0n) is 17.6. The van der Waals surface area contributed by atoms with Crippen LogP contribution in [0.3, 0.4) is 0 Å². The van der Waals surface area contributed by atoms with E-state index in [0.29, 0.717) is 34.4 Å². The minimum atomic E-state index is -3.42. The van der Waals surface area contributed by atoms with Gasteiger partial charge >= 0.3 is 5.97 Å². The van der Waals surface area contributed by atoms with Crippen molar-refractivity contribution < 1.29 is 32.5 Å². The van der Waals surface area contributed by atoms with Gasteiger partial charge in [-0.1, -0.05) is 6.92 Å². The molecule has 0 saturated heterocycles. The van der Waals surface area contributed by atoms with Gasteiger partial charge in [0.25, 0.3) is 0 Å². The Kier molecular flexibility index (Phi) is 8.55. The minimum absolute atomic E-state index is 0.354. The molecule has 0 amide bonds. The second-order valence-corrected chi connectivity index (χ2v) is 8.21. The highest BCUT2D eigenvalue weighted by Gasteiger charge is 2.18. The lowest BCUT2D eigenvalue weighted by molar-refractivity contribution is 0.0509. The normalized spacial score (nSPS) is 11.0. The standard InChI is InChI=1S/C19H19NO4.C2H7NO3S/c1-4-9-24-19(21)18-14-10-12(22-2)5-7-16(14)20-17-8-6-13(23-3)11-15(17)18;3-7(5,6)2-1-4/h5-8,10-11H,4,9H2,1-3H3;4H,1-2H2,(H2,3,5,6). The van der Waals surface area contributed by atoms with Crippen LogP contribution < -0.4 is 14.6 Å². The third-order valence-electron chi connectivity index (χ3n) is 4.20. The van der Waals surface area contributed by atoms with Gasteiger partial charge in [0.2, 0.25) is 10.0 Å². The lowest BCUT2D eigenvalue weighted by atomic mass is 10.0. The van der Waals surface area contributed by atoms with Crippen molar-refractivity contribution in [1.29, 1.82) is 0 Å². The largest absolute Gasteiger partial charge is 0.497 e. The number of nitrogens with zero attached hydrogens (tertiary/aromatic N) is 1. The lowest BCUT2D eigenvalue weighted by Gasteiger charge is -2.12. The molecule has 0 aliphatic carbocycles. The Bertz CT molecular complexity index is 1100. The number of carbonyl (C=O) groups is 1. The number of pyridine rings is 1. The molecule has 0 saturated carbocycles. The van der Waals surface area contributed by atoms with E-state index in [9.17, 15) is 13.2 Å². The van der Waals surface area contributed by atoms with Crippen LogP contribution in [0.5, 0.6) is 11.5 Å². The maximum Gasteiger partial charge on any atom is 0.339 e. The molecule has 3 N–H and O–H groups in total. The number of carbonyl (C=O) groups excluding carboxylic acids is 1. The molecule has 10 heteroatoms. The van der Waals surface area contributed by atoms with Gasteiger partial charge in [-0.2, -0.15) is 0 Å². The van der Waals surface area contributed by atoms with E-state index in [1.54, 1.807) is 14.2 Å². The van der Waals surface area contributed by atoms with E-state index in [1.165, 1.54) is 0 Å². The highest BCUT2D eigenvalue weighted by molar-refractivity contribution is 7.89. The van der Waals surface area contributed by atoms with Gasteiger partial charge < -0.3 is 19.3 Å². The van der Waals surface area contributed by atoms with E-state index < -0.39 is 16.6 Å². The second-order valence-electron chi connectivity index (χ2n) is 6.48. The van der Waals surface area contributed by atoms with Crippen molar-refractivity contribution in [3.05, 3.63) is 42.0 Å². The molecule has 0 fully saturated rings. The molecular formula is C21H26N2O7S. The van der Waals surface area contributed by atoms with Crippen molar-refractivity contribution in [2.75, 3.05) is 33.2 Å². The molecule has 0 aliphatic rings. The number of benzene rings is 2. The van der Waals surface area contributed by atoms with Gasteiger partial charge in [0, 0.05) is 10.8 Å². The fourth-order valence-corrected chi connectivity index (χ4v) is 3.02. The fraction of sp³-hybridized carbons (Fsp3) is 0.333. The fourth-order valence-electron chi connectivity index (χ4n) is 2.77. The first-order valence-corrected chi connectivity index (χ1v) is 11.2. The Hall–Kier alpha value is -2.95. The van der Waals surface area contributed by atoms with Crippen molar-refractivity contribution in [2.24, 2.45) is 5.14 Å². The average molecular weight is 451 g/mol. The van der Waals surface area contributed by atoms with Crippen LogP contribution in [0.15, 0.2) is 36.4 Å².